The summed E-state index contributed by atoms with van der Waals surface area (Å²) in [7, 11) is 0. The van der Waals surface area contributed by atoms with Gasteiger partial charge in [-0.3, -0.25) is 0 Å². The van der Waals surface area contributed by atoms with E-state index < -0.39 is 34.7 Å². The van der Waals surface area contributed by atoms with Gasteiger partial charge in [-0.2, -0.15) is 5.10 Å². The Kier molecular flexibility index (Phi) is 5.47. The van der Waals surface area contributed by atoms with Gasteiger partial charge in [-0.25, -0.2) is 13.6 Å². The fourth-order valence-corrected chi connectivity index (χ4v) is 4.46. The Morgan fingerprint density at radius 3 is 2.34 bits per heavy atom. The molecule has 0 amide bonds. The van der Waals surface area contributed by atoms with Crippen molar-refractivity contribution in [1.82, 2.24) is 10.2 Å². The van der Waals surface area contributed by atoms with Gasteiger partial charge in [-0.1, -0.05) is 33.8 Å². The molecule has 1 N–H and O–H groups in total. The maximum absolute atomic E-state index is 14.3. The highest BCUT2D eigenvalue weighted by atomic mass is 19.1. The number of aliphatic carboxylic acids is 1. The molecule has 0 bridgehead atoms. The quantitative estimate of drug-likeness (QED) is 0.729. The van der Waals surface area contributed by atoms with Gasteiger partial charge in [0.25, 0.3) is 0 Å². The summed E-state index contributed by atoms with van der Waals surface area (Å²) in [5, 5.41) is 17.9. The van der Waals surface area contributed by atoms with E-state index in [4.69, 9.17) is 4.74 Å². The monoisotopic (exact) mass is 404 g/mol. The first-order valence-corrected chi connectivity index (χ1v) is 9.81. The van der Waals surface area contributed by atoms with E-state index in [9.17, 15) is 18.7 Å². The summed E-state index contributed by atoms with van der Waals surface area (Å²) in [6, 6.07) is 5.33. The highest BCUT2D eigenvalue weighted by Crippen LogP contribution is 2.60. The molecule has 1 unspecified atom stereocenters. The second kappa shape index (κ2) is 7.44. The average Bonchev–Trinajstić information content (AvgIpc) is 2.82. The number of hydrogen-bond acceptors (Lipinski definition) is 4. The molecule has 1 aliphatic rings. The number of fused-ring (bicyclic) bond motifs is 1. The fourth-order valence-electron chi connectivity index (χ4n) is 4.46. The average molecular weight is 404 g/mol. The summed E-state index contributed by atoms with van der Waals surface area (Å²) < 4.78 is 34.7. The summed E-state index contributed by atoms with van der Waals surface area (Å²) in [6.45, 7) is 9.59. The van der Waals surface area contributed by atoms with Crippen molar-refractivity contribution >= 4 is 5.97 Å². The van der Waals surface area contributed by atoms with Crippen molar-refractivity contribution in [2.75, 3.05) is 0 Å². The number of benzene rings is 1. The van der Waals surface area contributed by atoms with Crippen molar-refractivity contribution in [3.8, 4) is 11.3 Å². The lowest BCUT2D eigenvalue weighted by Crippen LogP contribution is -2.44. The van der Waals surface area contributed by atoms with E-state index >= 15 is 0 Å². The first kappa shape index (κ1) is 21.3. The van der Waals surface area contributed by atoms with E-state index in [2.05, 4.69) is 10.2 Å². The summed E-state index contributed by atoms with van der Waals surface area (Å²) in [5.41, 5.74) is -0.317. The third-order valence-electron chi connectivity index (χ3n) is 6.40. The van der Waals surface area contributed by atoms with Crippen molar-refractivity contribution in [3.05, 3.63) is 47.2 Å². The Morgan fingerprint density at radius 2 is 1.83 bits per heavy atom. The van der Waals surface area contributed by atoms with Crippen LogP contribution in [0.3, 0.4) is 0 Å². The second-order valence-electron chi connectivity index (χ2n) is 8.20. The lowest BCUT2D eigenvalue weighted by molar-refractivity contribution is -0.183. The van der Waals surface area contributed by atoms with Gasteiger partial charge < -0.3 is 9.84 Å². The molecular formula is C22H26F2N2O3. The van der Waals surface area contributed by atoms with Gasteiger partial charge >= 0.3 is 5.97 Å². The molecule has 0 saturated heterocycles. The largest absolute Gasteiger partial charge is 0.479 e. The number of halogens is 2. The highest BCUT2D eigenvalue weighted by molar-refractivity contribution is 5.72. The Balaban J connectivity index is 2.18. The zero-order chi connectivity index (χ0) is 21.6. The summed E-state index contributed by atoms with van der Waals surface area (Å²) >= 11 is 0. The molecule has 0 aliphatic heterocycles. The van der Waals surface area contributed by atoms with Crippen molar-refractivity contribution < 1.29 is 23.4 Å². The number of ether oxygens (including phenoxy) is 1. The topological polar surface area (TPSA) is 72.3 Å². The normalized spacial score (nSPS) is 23.6. The predicted octanol–water partition coefficient (Wildman–Crippen LogP) is 5.05. The molecule has 3 rings (SSSR count). The van der Waals surface area contributed by atoms with Crippen molar-refractivity contribution in [2.24, 2.45) is 5.41 Å². The summed E-state index contributed by atoms with van der Waals surface area (Å²) in [4.78, 5) is 11.6. The number of carboxylic acids is 1. The van der Waals surface area contributed by atoms with E-state index in [1.54, 1.807) is 13.0 Å². The number of rotatable bonds is 6. The van der Waals surface area contributed by atoms with E-state index in [1.165, 1.54) is 18.2 Å². The maximum Gasteiger partial charge on any atom is 0.332 e. The molecular weight excluding hydrogens is 378 g/mol. The molecule has 0 radical (unpaired) electrons. The first-order chi connectivity index (χ1) is 13.6. The minimum absolute atomic E-state index is 0.0436. The number of nitrogens with zero attached hydrogens (tertiary/aromatic N) is 2. The van der Waals surface area contributed by atoms with Gasteiger partial charge in [-0.05, 0) is 49.4 Å². The minimum atomic E-state index is -1.04. The molecule has 29 heavy (non-hydrogen) atoms. The van der Waals surface area contributed by atoms with Gasteiger partial charge in [0.15, 0.2) is 6.10 Å². The van der Waals surface area contributed by atoms with Crippen molar-refractivity contribution in [2.45, 2.75) is 65.1 Å². The number of hydrogen-bond donors (Lipinski definition) is 1. The standard InChI is InChI=1S/C22H26F2N2O3/c1-6-13-12-11-16(18-14(23)9-8-10-15(18)24)25-26-19(12)22(5,21(13,3)4)29-17(7-2)20(27)28/h8-11,13,17H,6-7H2,1-5H3,(H,27,28)/t13-,17-,22?/m1/s1. The van der Waals surface area contributed by atoms with Crippen LogP contribution in [-0.4, -0.2) is 27.4 Å². The minimum Gasteiger partial charge on any atom is -0.479 e. The van der Waals surface area contributed by atoms with Gasteiger partial charge in [-0.15, -0.1) is 5.10 Å². The van der Waals surface area contributed by atoms with E-state index in [0.717, 1.165) is 12.0 Å². The van der Waals surface area contributed by atoms with Gasteiger partial charge in [0, 0.05) is 5.41 Å². The molecule has 1 aromatic carbocycles. The molecule has 5 nitrogen and oxygen atoms in total. The van der Waals surface area contributed by atoms with Gasteiger partial charge in [0.05, 0.1) is 17.0 Å². The lowest BCUT2D eigenvalue weighted by Gasteiger charge is -2.42. The fraction of sp³-hybridized carbons (Fsp3) is 0.500. The molecule has 1 aromatic heterocycles. The zero-order valence-corrected chi connectivity index (χ0v) is 17.3. The molecule has 0 spiro atoms. The summed E-state index contributed by atoms with van der Waals surface area (Å²) in [5.74, 6) is -2.50. The molecule has 0 saturated carbocycles. The third-order valence-corrected chi connectivity index (χ3v) is 6.40. The van der Waals surface area contributed by atoms with Crippen LogP contribution >= 0.6 is 0 Å². The third kappa shape index (κ3) is 3.21. The zero-order valence-electron chi connectivity index (χ0n) is 17.3. The van der Waals surface area contributed by atoms with Gasteiger partial charge in [0.2, 0.25) is 0 Å². The van der Waals surface area contributed by atoms with E-state index in [1.807, 2.05) is 27.7 Å². The molecule has 0 fully saturated rings. The molecule has 2 aromatic rings. The van der Waals surface area contributed by atoms with Crippen molar-refractivity contribution in [3.63, 3.8) is 0 Å². The molecule has 156 valence electrons. The number of carboxylic acid groups (broad SMARTS) is 1. The predicted molar refractivity (Wildman–Crippen MR) is 104 cm³/mol. The van der Waals surface area contributed by atoms with Crippen LogP contribution < -0.4 is 0 Å². The maximum atomic E-state index is 14.3. The van der Waals surface area contributed by atoms with Crippen LogP contribution in [0.25, 0.3) is 11.3 Å². The van der Waals surface area contributed by atoms with Crippen molar-refractivity contribution in [1.29, 1.82) is 0 Å². The van der Waals surface area contributed by atoms with Crippen LogP contribution in [0, 0.1) is 17.0 Å². The van der Waals surface area contributed by atoms with Crippen LogP contribution in [0.1, 0.15) is 64.6 Å². The van der Waals surface area contributed by atoms with Crippen LogP contribution in [-0.2, 0) is 15.1 Å². The Hall–Kier alpha value is -2.41. The van der Waals surface area contributed by atoms with Gasteiger partial charge in [0.1, 0.15) is 17.2 Å². The Morgan fingerprint density at radius 1 is 1.21 bits per heavy atom. The first-order valence-electron chi connectivity index (χ1n) is 9.81. The lowest BCUT2D eigenvalue weighted by atomic mass is 9.70. The molecule has 7 heteroatoms. The van der Waals surface area contributed by atoms with E-state index in [0.29, 0.717) is 12.1 Å². The van der Waals surface area contributed by atoms with Crippen LogP contribution in [0.5, 0.6) is 0 Å². The number of aromatic nitrogens is 2. The SMILES string of the molecule is CC[C@@H]1c2cc(-c3c(F)cccc3F)nnc2C(C)(O[C@H](CC)C(=O)O)C1(C)C. The smallest absolute Gasteiger partial charge is 0.332 e. The summed E-state index contributed by atoms with van der Waals surface area (Å²) in [6.07, 6.45) is 0.0421. The highest BCUT2D eigenvalue weighted by Gasteiger charge is 2.58. The van der Waals surface area contributed by atoms with Crippen LogP contribution in [0.15, 0.2) is 24.3 Å². The molecule has 1 heterocycles. The molecule has 3 atom stereocenters. The Labute approximate surface area is 169 Å². The van der Waals surface area contributed by atoms with Crippen LogP contribution in [0.2, 0.25) is 0 Å². The Bertz CT molecular complexity index is 927. The van der Waals surface area contributed by atoms with Crippen LogP contribution in [0.4, 0.5) is 8.78 Å². The van der Waals surface area contributed by atoms with E-state index in [-0.39, 0.29) is 17.2 Å². The molecule has 1 aliphatic carbocycles. The number of carbonyl (C=O) groups is 1. The second-order valence-corrected chi connectivity index (χ2v) is 8.20.